The van der Waals surface area contributed by atoms with Crippen molar-refractivity contribution >= 4 is 23.6 Å². The summed E-state index contributed by atoms with van der Waals surface area (Å²) >= 11 is 0. The number of anilines is 1. The molecule has 0 aromatic heterocycles. The third kappa shape index (κ3) is 8.83. The molecule has 0 aliphatic carbocycles. The first-order valence-corrected chi connectivity index (χ1v) is 14.7. The zero-order chi connectivity index (χ0) is 31.9. The van der Waals surface area contributed by atoms with E-state index in [-0.39, 0.29) is 24.6 Å². The minimum atomic E-state index is -1.04. The number of nitrogens with zero attached hydrogens (tertiary/aromatic N) is 1. The fraction of sp³-hybridized carbons (Fsp3) is 0.400. The summed E-state index contributed by atoms with van der Waals surface area (Å²) in [6.07, 6.45) is -0.0108. The molecule has 0 bridgehead atoms. The highest BCUT2D eigenvalue weighted by Gasteiger charge is 2.37. The van der Waals surface area contributed by atoms with Crippen LogP contribution >= 0.6 is 0 Å². The van der Waals surface area contributed by atoms with Crippen molar-refractivity contribution in [3.63, 3.8) is 0 Å². The zero-order valence-corrected chi connectivity index (χ0v) is 26.6. The standard InChI is InChI=1S/C35H45N3O5/c1-9-20-38(33(41)28(36-34(42)43-35(6,7)8)21-26-16-18-27(39)19-17-26)31(29-22(2)12-10-13-23(29)3)32(40)37-30-24(4)14-11-15-25(30)5/h10-19,28,31,39H,9,20-21H2,1-8H3,(H,36,42)(H,37,40). The quantitative estimate of drug-likeness (QED) is 0.245. The number of hydrogen-bond donors (Lipinski definition) is 3. The molecule has 0 aliphatic heterocycles. The Balaban J connectivity index is 2.12. The maximum atomic E-state index is 14.6. The van der Waals surface area contributed by atoms with Crippen LogP contribution in [0.1, 0.15) is 73.5 Å². The zero-order valence-electron chi connectivity index (χ0n) is 26.6. The minimum absolute atomic E-state index is 0.0950. The Hall–Kier alpha value is -4.33. The number of carbonyl (C=O) groups excluding carboxylic acids is 3. The monoisotopic (exact) mass is 587 g/mol. The lowest BCUT2D eigenvalue weighted by atomic mass is 9.92. The van der Waals surface area contributed by atoms with Crippen LogP contribution in [0.25, 0.3) is 0 Å². The number of alkyl carbamates (subject to hydrolysis) is 1. The van der Waals surface area contributed by atoms with Gasteiger partial charge in [0.1, 0.15) is 23.4 Å². The fourth-order valence-corrected chi connectivity index (χ4v) is 5.22. The van der Waals surface area contributed by atoms with Gasteiger partial charge in [0.15, 0.2) is 0 Å². The van der Waals surface area contributed by atoms with Crippen molar-refractivity contribution in [3.05, 3.63) is 94.0 Å². The summed E-state index contributed by atoms with van der Waals surface area (Å²) in [7, 11) is 0. The molecule has 3 amide bonds. The van der Waals surface area contributed by atoms with Gasteiger partial charge in [0.2, 0.25) is 5.91 Å². The Morgan fingerprint density at radius 3 is 1.91 bits per heavy atom. The van der Waals surface area contributed by atoms with Gasteiger partial charge in [0.05, 0.1) is 0 Å². The number of phenols is 1. The van der Waals surface area contributed by atoms with Crippen molar-refractivity contribution in [2.45, 2.75) is 85.9 Å². The summed E-state index contributed by atoms with van der Waals surface area (Å²) in [6, 6.07) is 16.1. The second-order valence-corrected chi connectivity index (χ2v) is 12.1. The first-order valence-electron chi connectivity index (χ1n) is 14.7. The molecule has 3 aromatic rings. The van der Waals surface area contributed by atoms with E-state index in [4.69, 9.17) is 4.74 Å². The van der Waals surface area contributed by atoms with Crippen molar-refractivity contribution in [2.75, 3.05) is 11.9 Å². The maximum absolute atomic E-state index is 14.6. The number of rotatable bonds is 10. The molecule has 0 saturated carbocycles. The predicted molar refractivity (Wildman–Crippen MR) is 170 cm³/mol. The summed E-state index contributed by atoms with van der Waals surface area (Å²) in [5.41, 5.74) is 5.00. The second-order valence-electron chi connectivity index (χ2n) is 12.1. The van der Waals surface area contributed by atoms with Crippen molar-refractivity contribution in [3.8, 4) is 5.75 Å². The third-order valence-corrected chi connectivity index (χ3v) is 7.22. The average molecular weight is 588 g/mol. The summed E-state index contributed by atoms with van der Waals surface area (Å²) in [5, 5.41) is 15.7. The van der Waals surface area contributed by atoms with Crippen LogP contribution in [0, 0.1) is 27.7 Å². The molecule has 0 aliphatic rings. The minimum Gasteiger partial charge on any atom is -0.508 e. The number of phenolic OH excluding ortho intramolecular Hbond substituents is 1. The van der Waals surface area contributed by atoms with Gasteiger partial charge in [-0.2, -0.15) is 0 Å². The van der Waals surface area contributed by atoms with Gasteiger partial charge in [0, 0.05) is 18.7 Å². The third-order valence-electron chi connectivity index (χ3n) is 7.22. The molecular weight excluding hydrogens is 542 g/mol. The van der Waals surface area contributed by atoms with E-state index < -0.39 is 29.7 Å². The molecular formula is C35H45N3O5. The van der Waals surface area contributed by atoms with Gasteiger partial charge in [-0.3, -0.25) is 9.59 Å². The van der Waals surface area contributed by atoms with Gasteiger partial charge >= 0.3 is 6.09 Å². The SMILES string of the molecule is CCCN(C(=O)C(Cc1ccc(O)cc1)NC(=O)OC(C)(C)C)C(C(=O)Nc1c(C)cccc1C)c1c(C)cccc1C. The molecule has 2 unspecified atom stereocenters. The smallest absolute Gasteiger partial charge is 0.408 e. The number of amides is 3. The van der Waals surface area contributed by atoms with Crippen LogP contribution in [-0.2, 0) is 20.7 Å². The molecule has 8 nitrogen and oxygen atoms in total. The molecule has 0 spiro atoms. The highest BCUT2D eigenvalue weighted by molar-refractivity contribution is 6.00. The first-order chi connectivity index (χ1) is 20.2. The molecule has 2 atom stereocenters. The summed E-state index contributed by atoms with van der Waals surface area (Å²) < 4.78 is 5.51. The van der Waals surface area contributed by atoms with E-state index in [1.165, 1.54) is 12.1 Å². The number of aryl methyl sites for hydroxylation is 4. The maximum Gasteiger partial charge on any atom is 0.408 e. The van der Waals surface area contributed by atoms with E-state index in [0.29, 0.717) is 12.1 Å². The van der Waals surface area contributed by atoms with Crippen molar-refractivity contribution in [1.82, 2.24) is 10.2 Å². The molecule has 0 radical (unpaired) electrons. The van der Waals surface area contributed by atoms with E-state index in [1.807, 2.05) is 71.0 Å². The van der Waals surface area contributed by atoms with Crippen LogP contribution in [0.15, 0.2) is 60.7 Å². The number of hydrogen-bond acceptors (Lipinski definition) is 5. The highest BCUT2D eigenvalue weighted by atomic mass is 16.6. The highest BCUT2D eigenvalue weighted by Crippen LogP contribution is 2.31. The molecule has 3 N–H and O–H groups in total. The lowest BCUT2D eigenvalue weighted by Crippen LogP contribution is -2.53. The Kier molecular flexibility index (Phi) is 11.0. The van der Waals surface area contributed by atoms with Crippen LogP contribution < -0.4 is 10.6 Å². The molecule has 0 fully saturated rings. The van der Waals surface area contributed by atoms with Crippen molar-refractivity contribution in [1.29, 1.82) is 0 Å². The van der Waals surface area contributed by atoms with Gasteiger partial charge in [-0.25, -0.2) is 4.79 Å². The molecule has 3 rings (SSSR count). The number of benzene rings is 3. The topological polar surface area (TPSA) is 108 Å². The molecule has 43 heavy (non-hydrogen) atoms. The molecule has 8 heteroatoms. The second kappa shape index (κ2) is 14.2. The van der Waals surface area contributed by atoms with Gasteiger partial charge in [-0.1, -0.05) is 55.5 Å². The Labute approximate surface area is 255 Å². The van der Waals surface area contributed by atoms with Gasteiger partial charge in [-0.05, 0) is 100 Å². The molecule has 0 saturated heterocycles. The normalized spacial score (nSPS) is 12.7. The van der Waals surface area contributed by atoms with Crippen molar-refractivity contribution < 1.29 is 24.2 Å². The van der Waals surface area contributed by atoms with Crippen molar-refractivity contribution in [2.24, 2.45) is 0 Å². The Bertz CT molecular complexity index is 1400. The lowest BCUT2D eigenvalue weighted by Gasteiger charge is -2.36. The average Bonchev–Trinajstić information content (AvgIpc) is 2.91. The largest absolute Gasteiger partial charge is 0.508 e. The number of nitrogens with one attached hydrogen (secondary N) is 2. The van der Waals surface area contributed by atoms with Gasteiger partial charge in [0.25, 0.3) is 5.91 Å². The first kappa shape index (κ1) is 33.2. The fourth-order valence-electron chi connectivity index (χ4n) is 5.22. The number of carbonyl (C=O) groups is 3. The Morgan fingerprint density at radius 2 is 1.40 bits per heavy atom. The molecule has 3 aromatic carbocycles. The molecule has 0 heterocycles. The summed E-state index contributed by atoms with van der Waals surface area (Å²) in [6.45, 7) is 15.2. The summed E-state index contributed by atoms with van der Waals surface area (Å²) in [4.78, 5) is 43.4. The number of aromatic hydroxyl groups is 1. The van der Waals surface area contributed by atoms with Crippen LogP contribution in [0.3, 0.4) is 0 Å². The Morgan fingerprint density at radius 1 is 0.860 bits per heavy atom. The van der Waals surface area contributed by atoms with E-state index in [9.17, 15) is 19.5 Å². The van der Waals surface area contributed by atoms with Crippen LogP contribution in [0.4, 0.5) is 10.5 Å². The van der Waals surface area contributed by atoms with E-state index in [0.717, 1.165) is 33.4 Å². The van der Waals surface area contributed by atoms with Crippen LogP contribution in [0.2, 0.25) is 0 Å². The predicted octanol–water partition coefficient (Wildman–Crippen LogP) is 6.68. The van der Waals surface area contributed by atoms with E-state index in [1.54, 1.807) is 37.8 Å². The number of ether oxygens (including phenoxy) is 1. The molecule has 230 valence electrons. The van der Waals surface area contributed by atoms with Gasteiger partial charge in [-0.15, -0.1) is 0 Å². The van der Waals surface area contributed by atoms with E-state index >= 15 is 0 Å². The lowest BCUT2D eigenvalue weighted by molar-refractivity contribution is -0.140. The van der Waals surface area contributed by atoms with Crippen LogP contribution in [-0.4, -0.2) is 46.1 Å². The van der Waals surface area contributed by atoms with E-state index in [2.05, 4.69) is 10.6 Å². The number of para-hydroxylation sites is 1. The van der Waals surface area contributed by atoms with Gasteiger partial charge < -0.3 is 25.4 Å². The summed E-state index contributed by atoms with van der Waals surface area (Å²) in [5.74, 6) is -0.653. The van der Waals surface area contributed by atoms with Crippen LogP contribution in [0.5, 0.6) is 5.75 Å².